The first-order valence-electron chi connectivity index (χ1n) is 7.54. The number of anilines is 1. The van der Waals surface area contributed by atoms with Crippen LogP contribution in [-0.2, 0) is 14.3 Å². The van der Waals surface area contributed by atoms with Crippen molar-refractivity contribution in [2.75, 3.05) is 25.1 Å². The Balaban J connectivity index is 1.49. The van der Waals surface area contributed by atoms with Gasteiger partial charge in [0.05, 0.1) is 37.9 Å². The molecule has 0 bridgehead atoms. The largest absolute Gasteiger partial charge is 0.389 e. The third-order valence-electron chi connectivity index (χ3n) is 3.92. The first-order chi connectivity index (χ1) is 10.7. The van der Waals surface area contributed by atoms with E-state index in [-0.39, 0.29) is 24.2 Å². The summed E-state index contributed by atoms with van der Waals surface area (Å²) < 4.78 is 11.5. The monoisotopic (exact) mass is 327 g/mol. The number of rotatable bonds is 3. The molecule has 0 radical (unpaired) electrons. The molecular weight excluding hydrogens is 306 g/mol. The minimum atomic E-state index is -0.470. The van der Waals surface area contributed by atoms with Gasteiger partial charge in [0, 0.05) is 24.2 Å². The molecule has 122 valence electrons. The zero-order chi connectivity index (χ0) is 15.4. The summed E-state index contributed by atoms with van der Waals surface area (Å²) in [5, 5.41) is 18.1. The average molecular weight is 327 g/mol. The van der Waals surface area contributed by atoms with Crippen molar-refractivity contribution in [2.45, 2.75) is 43.6 Å². The number of nitrogens with one attached hydrogen (secondary N) is 2. The van der Waals surface area contributed by atoms with Crippen LogP contribution in [0.4, 0.5) is 5.13 Å². The first kappa shape index (κ1) is 15.8. The van der Waals surface area contributed by atoms with Crippen LogP contribution in [0.3, 0.4) is 0 Å². The van der Waals surface area contributed by atoms with Gasteiger partial charge in [0.2, 0.25) is 5.91 Å². The molecule has 2 saturated heterocycles. The maximum Gasteiger partial charge on any atom is 0.228 e. The Morgan fingerprint density at radius 1 is 1.50 bits per heavy atom. The summed E-state index contributed by atoms with van der Waals surface area (Å²) >= 11 is 1.40. The van der Waals surface area contributed by atoms with E-state index in [1.807, 2.05) is 5.38 Å². The van der Waals surface area contributed by atoms with Gasteiger partial charge in [0.1, 0.15) is 0 Å². The fourth-order valence-electron chi connectivity index (χ4n) is 2.83. The zero-order valence-corrected chi connectivity index (χ0v) is 13.1. The van der Waals surface area contributed by atoms with E-state index in [0.717, 1.165) is 12.8 Å². The van der Waals surface area contributed by atoms with Gasteiger partial charge in [-0.15, -0.1) is 11.3 Å². The Morgan fingerprint density at radius 2 is 2.41 bits per heavy atom. The van der Waals surface area contributed by atoms with Crippen LogP contribution in [0.2, 0.25) is 0 Å². The number of aromatic nitrogens is 1. The van der Waals surface area contributed by atoms with E-state index in [1.54, 1.807) is 6.20 Å². The number of aliphatic hydroxyl groups excluding tert-OH is 1. The number of hydrogen-bond donors (Lipinski definition) is 3. The minimum Gasteiger partial charge on any atom is -0.389 e. The number of hydrogen-bond acceptors (Lipinski definition) is 7. The second kappa shape index (κ2) is 7.47. The summed E-state index contributed by atoms with van der Waals surface area (Å²) in [6.07, 6.45) is 3.07. The summed E-state index contributed by atoms with van der Waals surface area (Å²) in [4.78, 5) is 16.0. The predicted molar refractivity (Wildman–Crippen MR) is 81.9 cm³/mol. The van der Waals surface area contributed by atoms with Crippen LogP contribution in [0.25, 0.3) is 0 Å². The summed E-state index contributed by atoms with van der Waals surface area (Å²) in [6.45, 7) is 1.27. The molecule has 1 aromatic rings. The molecule has 22 heavy (non-hydrogen) atoms. The van der Waals surface area contributed by atoms with Crippen LogP contribution in [-0.4, -0.2) is 60.1 Å². The van der Waals surface area contributed by atoms with Crippen molar-refractivity contribution < 1.29 is 19.4 Å². The summed E-state index contributed by atoms with van der Waals surface area (Å²) in [7, 11) is 0. The third kappa shape index (κ3) is 4.23. The molecule has 3 N–H and O–H groups in total. The summed E-state index contributed by atoms with van der Waals surface area (Å²) in [5.74, 6) is -0.0754. The van der Waals surface area contributed by atoms with Gasteiger partial charge in [-0.3, -0.25) is 4.79 Å². The Labute approximate surface area is 133 Å². The van der Waals surface area contributed by atoms with Crippen molar-refractivity contribution in [1.82, 2.24) is 10.3 Å². The van der Waals surface area contributed by atoms with Crippen LogP contribution in [0.15, 0.2) is 11.6 Å². The zero-order valence-electron chi connectivity index (χ0n) is 12.2. The van der Waals surface area contributed by atoms with E-state index in [4.69, 9.17) is 9.47 Å². The molecule has 8 heteroatoms. The lowest BCUT2D eigenvalue weighted by molar-refractivity contribution is -0.134. The van der Waals surface area contributed by atoms with Crippen molar-refractivity contribution in [3.63, 3.8) is 0 Å². The van der Waals surface area contributed by atoms with Crippen molar-refractivity contribution in [2.24, 2.45) is 0 Å². The van der Waals surface area contributed by atoms with E-state index in [1.165, 1.54) is 11.3 Å². The number of carbonyl (C=O) groups is 1. The number of β-amino-alcohol motifs (C(OH)–C–C–N with tert-alkyl or cyclic N) is 1. The first-order valence-corrected chi connectivity index (χ1v) is 8.42. The van der Waals surface area contributed by atoms with Crippen molar-refractivity contribution in [3.8, 4) is 0 Å². The predicted octanol–water partition coefficient (Wildman–Crippen LogP) is 0.369. The molecule has 1 aromatic heterocycles. The Kier molecular flexibility index (Phi) is 5.37. The molecule has 0 saturated carbocycles. The van der Waals surface area contributed by atoms with Gasteiger partial charge in [-0.25, -0.2) is 4.98 Å². The highest BCUT2D eigenvalue weighted by Gasteiger charge is 2.33. The molecule has 0 aliphatic carbocycles. The SMILES string of the molecule is O=C(C[C@H]1CC[C@H]2NC[C@@H](O)COC[C@@H]2O1)Nc1nccs1. The highest BCUT2D eigenvalue weighted by molar-refractivity contribution is 7.13. The van der Waals surface area contributed by atoms with Gasteiger partial charge in [-0.2, -0.15) is 0 Å². The highest BCUT2D eigenvalue weighted by atomic mass is 32.1. The van der Waals surface area contributed by atoms with Gasteiger partial charge in [-0.05, 0) is 12.8 Å². The molecule has 0 spiro atoms. The second-order valence-corrected chi connectivity index (χ2v) is 6.56. The van der Waals surface area contributed by atoms with Crippen molar-refractivity contribution >= 4 is 22.4 Å². The van der Waals surface area contributed by atoms with Crippen LogP contribution in [0.1, 0.15) is 19.3 Å². The molecule has 7 nitrogen and oxygen atoms in total. The molecule has 0 aromatic carbocycles. The number of ether oxygens (including phenoxy) is 2. The highest BCUT2D eigenvalue weighted by Crippen LogP contribution is 2.24. The molecule has 1 amide bonds. The fourth-order valence-corrected chi connectivity index (χ4v) is 3.37. The average Bonchev–Trinajstić information content (AvgIpc) is 2.97. The van der Waals surface area contributed by atoms with E-state index in [9.17, 15) is 9.90 Å². The van der Waals surface area contributed by atoms with E-state index >= 15 is 0 Å². The molecule has 3 rings (SSSR count). The Hall–Kier alpha value is -1.06. The molecule has 2 aliphatic rings. The van der Waals surface area contributed by atoms with Crippen LogP contribution in [0, 0.1) is 0 Å². The molecule has 0 unspecified atom stereocenters. The number of amides is 1. The van der Waals surface area contributed by atoms with Crippen molar-refractivity contribution in [3.05, 3.63) is 11.6 Å². The molecule has 2 fully saturated rings. The number of nitrogens with zero attached hydrogens (tertiary/aromatic N) is 1. The molecule has 2 aliphatic heterocycles. The minimum absolute atomic E-state index is 0.0705. The van der Waals surface area contributed by atoms with E-state index in [0.29, 0.717) is 31.3 Å². The third-order valence-corrected chi connectivity index (χ3v) is 4.60. The standard InChI is InChI=1S/C14H21N3O4S/c18-9-6-16-11-2-1-10(21-12(11)8-20-7-9)5-13(19)17-14-15-3-4-22-14/h3-4,9-12,16,18H,1-2,5-8H2,(H,15,17,19)/t9-,10-,11-,12+/m1/s1. The van der Waals surface area contributed by atoms with Crippen LogP contribution >= 0.6 is 11.3 Å². The van der Waals surface area contributed by atoms with Crippen LogP contribution < -0.4 is 10.6 Å². The smallest absolute Gasteiger partial charge is 0.228 e. The second-order valence-electron chi connectivity index (χ2n) is 5.67. The topological polar surface area (TPSA) is 92.7 Å². The Bertz CT molecular complexity index is 484. The Morgan fingerprint density at radius 3 is 3.23 bits per heavy atom. The maximum atomic E-state index is 12.0. The summed E-state index contributed by atoms with van der Waals surface area (Å²) in [5.41, 5.74) is 0. The quantitative estimate of drug-likeness (QED) is 0.743. The molecule has 3 heterocycles. The molecular formula is C14H21N3O4S. The van der Waals surface area contributed by atoms with E-state index < -0.39 is 6.10 Å². The van der Waals surface area contributed by atoms with Crippen molar-refractivity contribution in [1.29, 1.82) is 0 Å². The number of fused-ring (bicyclic) bond motifs is 1. The molecule has 4 atom stereocenters. The number of aliphatic hydroxyl groups is 1. The lowest BCUT2D eigenvalue weighted by atomic mass is 9.96. The lowest BCUT2D eigenvalue weighted by Gasteiger charge is -2.38. The van der Waals surface area contributed by atoms with Gasteiger partial charge >= 0.3 is 0 Å². The van der Waals surface area contributed by atoms with Gasteiger partial charge in [0.25, 0.3) is 0 Å². The van der Waals surface area contributed by atoms with Gasteiger partial charge in [0.15, 0.2) is 5.13 Å². The van der Waals surface area contributed by atoms with Gasteiger partial charge in [-0.1, -0.05) is 0 Å². The fraction of sp³-hybridized carbons (Fsp3) is 0.714. The normalized spacial score (nSPS) is 32.6. The summed E-state index contributed by atoms with van der Waals surface area (Å²) in [6, 6.07) is 0.174. The number of thiazole rings is 1. The van der Waals surface area contributed by atoms with Crippen LogP contribution in [0.5, 0.6) is 0 Å². The van der Waals surface area contributed by atoms with Gasteiger partial charge < -0.3 is 25.2 Å². The lowest BCUT2D eigenvalue weighted by Crippen LogP contribution is -2.53. The number of carbonyl (C=O) groups excluding carboxylic acids is 1. The maximum absolute atomic E-state index is 12.0. The van der Waals surface area contributed by atoms with E-state index in [2.05, 4.69) is 15.6 Å².